The van der Waals surface area contributed by atoms with Gasteiger partial charge in [0.25, 0.3) is 5.56 Å². The lowest BCUT2D eigenvalue weighted by Crippen LogP contribution is -2.10. The Morgan fingerprint density at radius 2 is 1.79 bits per heavy atom. The monoisotopic (exact) mass is 389 g/mol. The minimum Gasteiger partial charge on any atom is -0.370 e. The molecule has 7 heteroatoms. The van der Waals surface area contributed by atoms with Gasteiger partial charge in [-0.15, -0.1) is 17.0 Å². The molecule has 3 rings (SSSR count). The van der Waals surface area contributed by atoms with Crippen LogP contribution in [0, 0.1) is 5.92 Å². The topological polar surface area (TPSA) is 86.5 Å². The number of nitrogens with one attached hydrogen (secondary N) is 3. The van der Waals surface area contributed by atoms with Crippen molar-refractivity contribution in [3.05, 3.63) is 52.8 Å². The van der Waals surface area contributed by atoms with Gasteiger partial charge < -0.3 is 5.32 Å². The van der Waals surface area contributed by atoms with Crippen molar-refractivity contribution in [3.63, 3.8) is 0 Å². The molecule has 0 bridgehead atoms. The molecule has 0 aliphatic rings. The fourth-order valence-corrected chi connectivity index (χ4v) is 2.31. The number of aromatic nitrogens is 4. The van der Waals surface area contributed by atoms with Crippen LogP contribution in [0.2, 0.25) is 0 Å². The largest absolute Gasteiger partial charge is 0.370 e. The molecule has 0 fully saturated rings. The molecular weight excluding hydrogens is 370 g/mol. The summed E-state index contributed by atoms with van der Waals surface area (Å²) in [6.45, 7) is 5.09. The summed E-state index contributed by atoms with van der Waals surface area (Å²) < 4.78 is 0. The summed E-state index contributed by atoms with van der Waals surface area (Å²) in [4.78, 5) is 11.3. The molecule has 0 radical (unpaired) electrons. The van der Waals surface area contributed by atoms with E-state index in [1.54, 1.807) is 6.07 Å². The Bertz CT molecular complexity index is 821. The van der Waals surface area contributed by atoms with Crippen LogP contribution < -0.4 is 10.9 Å². The lowest BCUT2D eigenvalue weighted by Gasteiger charge is -2.09. The van der Waals surface area contributed by atoms with Gasteiger partial charge in [0.1, 0.15) is 11.5 Å². The van der Waals surface area contributed by atoms with Gasteiger partial charge in [0.2, 0.25) is 0 Å². The molecule has 0 spiro atoms. The zero-order valence-electron chi connectivity index (χ0n) is 13.5. The first kappa shape index (κ1) is 17.9. The Hall–Kier alpha value is -2.41. The number of aromatic amines is 2. The third kappa shape index (κ3) is 3.91. The van der Waals surface area contributed by atoms with Gasteiger partial charge in [-0.3, -0.25) is 9.89 Å². The van der Waals surface area contributed by atoms with Crippen molar-refractivity contribution >= 4 is 22.8 Å². The highest BCUT2D eigenvalue weighted by molar-refractivity contribution is 8.93. The van der Waals surface area contributed by atoms with E-state index >= 15 is 0 Å². The Morgan fingerprint density at radius 1 is 1.04 bits per heavy atom. The molecule has 3 N–H and O–H groups in total. The van der Waals surface area contributed by atoms with Crippen molar-refractivity contribution < 1.29 is 0 Å². The summed E-state index contributed by atoms with van der Waals surface area (Å²) in [6.07, 6.45) is 0. The van der Waals surface area contributed by atoms with E-state index in [9.17, 15) is 4.79 Å². The second-order valence-electron chi connectivity index (χ2n) is 5.77. The van der Waals surface area contributed by atoms with E-state index in [1.807, 2.05) is 30.3 Å². The maximum Gasteiger partial charge on any atom is 0.264 e. The van der Waals surface area contributed by atoms with Crippen molar-refractivity contribution in [2.75, 3.05) is 11.9 Å². The van der Waals surface area contributed by atoms with Gasteiger partial charge in [0.05, 0.1) is 11.3 Å². The van der Waals surface area contributed by atoms with Gasteiger partial charge in [0, 0.05) is 18.2 Å². The third-order valence-corrected chi connectivity index (χ3v) is 3.44. The number of anilines is 1. The zero-order chi connectivity index (χ0) is 16.2. The maximum atomic E-state index is 11.3. The SMILES string of the molecule is Br.CC(C)CNc1[nH]nc(-c2ccccc2)c1-c1ccc(=O)[nH]n1. The lowest BCUT2D eigenvalue weighted by atomic mass is 10.0. The summed E-state index contributed by atoms with van der Waals surface area (Å²) in [7, 11) is 0. The maximum absolute atomic E-state index is 11.3. The van der Waals surface area contributed by atoms with Crippen LogP contribution >= 0.6 is 17.0 Å². The fourth-order valence-electron chi connectivity index (χ4n) is 2.31. The van der Waals surface area contributed by atoms with Crippen LogP contribution in [-0.4, -0.2) is 26.9 Å². The predicted octanol–water partition coefficient (Wildman–Crippen LogP) is 3.47. The smallest absolute Gasteiger partial charge is 0.264 e. The van der Waals surface area contributed by atoms with Gasteiger partial charge in [-0.1, -0.05) is 44.2 Å². The van der Waals surface area contributed by atoms with Crippen molar-refractivity contribution in [1.29, 1.82) is 0 Å². The van der Waals surface area contributed by atoms with Crippen molar-refractivity contribution in [2.45, 2.75) is 13.8 Å². The Morgan fingerprint density at radius 3 is 2.42 bits per heavy atom. The predicted molar refractivity (Wildman–Crippen MR) is 102 cm³/mol. The zero-order valence-corrected chi connectivity index (χ0v) is 15.2. The molecule has 6 nitrogen and oxygen atoms in total. The normalized spacial score (nSPS) is 10.5. The van der Waals surface area contributed by atoms with E-state index in [4.69, 9.17) is 0 Å². The second-order valence-corrected chi connectivity index (χ2v) is 5.77. The van der Waals surface area contributed by atoms with Gasteiger partial charge in [0.15, 0.2) is 0 Å². The van der Waals surface area contributed by atoms with E-state index in [1.165, 1.54) is 6.07 Å². The number of halogens is 1. The summed E-state index contributed by atoms with van der Waals surface area (Å²) in [5.74, 6) is 1.30. The molecule has 3 aromatic rings. The van der Waals surface area contributed by atoms with E-state index < -0.39 is 0 Å². The third-order valence-electron chi connectivity index (χ3n) is 3.44. The summed E-state index contributed by atoms with van der Waals surface area (Å²) in [5.41, 5.74) is 3.09. The molecule has 0 unspecified atom stereocenters. The van der Waals surface area contributed by atoms with E-state index in [0.717, 1.165) is 29.2 Å². The van der Waals surface area contributed by atoms with Crippen molar-refractivity contribution in [1.82, 2.24) is 20.4 Å². The number of rotatable bonds is 5. The molecule has 0 aliphatic carbocycles. The van der Waals surface area contributed by atoms with Crippen LogP contribution in [0.3, 0.4) is 0 Å². The standard InChI is InChI=1S/C17H19N5O.BrH/c1-11(2)10-18-17-15(13-8-9-14(23)20-19-13)16(21-22-17)12-6-4-3-5-7-12;/h3-9,11H,10H2,1-2H3,(H,20,23)(H2,18,21,22);1H. The molecule has 24 heavy (non-hydrogen) atoms. The fraction of sp³-hybridized carbons (Fsp3) is 0.235. The lowest BCUT2D eigenvalue weighted by molar-refractivity contribution is 0.687. The number of hydrogen-bond acceptors (Lipinski definition) is 4. The molecule has 126 valence electrons. The van der Waals surface area contributed by atoms with Gasteiger partial charge in [-0.2, -0.15) is 10.2 Å². The quantitative estimate of drug-likeness (QED) is 0.623. The Labute approximate surface area is 150 Å². The van der Waals surface area contributed by atoms with Gasteiger partial charge in [-0.05, 0) is 12.0 Å². The first-order valence-corrected chi connectivity index (χ1v) is 7.59. The van der Waals surface area contributed by atoms with E-state index in [0.29, 0.717) is 11.6 Å². The number of nitrogens with zero attached hydrogens (tertiary/aromatic N) is 2. The number of benzene rings is 1. The number of H-pyrrole nitrogens is 2. The minimum atomic E-state index is -0.227. The molecular formula is C17H20BrN5O. The second kappa shape index (κ2) is 7.92. The van der Waals surface area contributed by atoms with Crippen molar-refractivity contribution in [3.8, 4) is 22.5 Å². The highest BCUT2D eigenvalue weighted by atomic mass is 79.9. The van der Waals surface area contributed by atoms with Crippen LogP contribution in [0.25, 0.3) is 22.5 Å². The number of hydrogen-bond donors (Lipinski definition) is 3. The first-order valence-electron chi connectivity index (χ1n) is 7.59. The summed E-state index contributed by atoms with van der Waals surface area (Å²) in [5, 5.41) is 17.5. The molecule has 2 aromatic heterocycles. The van der Waals surface area contributed by atoms with Crippen LogP contribution in [0.4, 0.5) is 5.82 Å². The molecule has 0 aliphatic heterocycles. The highest BCUT2D eigenvalue weighted by Gasteiger charge is 2.18. The van der Waals surface area contributed by atoms with Crippen LogP contribution in [0.5, 0.6) is 0 Å². The average Bonchev–Trinajstić information content (AvgIpc) is 2.98. The molecule has 1 aromatic carbocycles. The van der Waals surface area contributed by atoms with Gasteiger partial charge in [-0.25, -0.2) is 5.10 Å². The Balaban J connectivity index is 0.00000208. The summed E-state index contributed by atoms with van der Waals surface area (Å²) >= 11 is 0. The van der Waals surface area contributed by atoms with Crippen molar-refractivity contribution in [2.24, 2.45) is 5.92 Å². The van der Waals surface area contributed by atoms with Crippen LogP contribution in [0.15, 0.2) is 47.3 Å². The highest BCUT2D eigenvalue weighted by Crippen LogP contribution is 2.34. The van der Waals surface area contributed by atoms with Gasteiger partial charge >= 0.3 is 0 Å². The average molecular weight is 390 g/mol. The van der Waals surface area contributed by atoms with E-state index in [2.05, 4.69) is 39.6 Å². The summed E-state index contributed by atoms with van der Waals surface area (Å²) in [6, 6.07) is 13.1. The molecule has 0 amide bonds. The van der Waals surface area contributed by atoms with Crippen LogP contribution in [0.1, 0.15) is 13.8 Å². The molecule has 2 heterocycles. The molecule has 0 saturated carbocycles. The Kier molecular flexibility index (Phi) is 5.92. The minimum absolute atomic E-state index is 0. The van der Waals surface area contributed by atoms with E-state index in [-0.39, 0.29) is 22.5 Å². The molecule has 0 atom stereocenters. The molecule has 0 saturated heterocycles. The van der Waals surface area contributed by atoms with Crippen LogP contribution in [-0.2, 0) is 0 Å². The first-order chi connectivity index (χ1) is 11.1.